The summed E-state index contributed by atoms with van der Waals surface area (Å²) in [5.74, 6) is -0.543. The zero-order chi connectivity index (χ0) is 20.3. The average Bonchev–Trinajstić information content (AvgIpc) is 2.96. The Hall–Kier alpha value is -2.77. The fraction of sp³-hybridized carbons (Fsp3) is 0.150. The number of ether oxygens (including phenoxy) is 1. The van der Waals surface area contributed by atoms with Crippen molar-refractivity contribution >= 4 is 52.2 Å². The molecule has 1 heterocycles. The van der Waals surface area contributed by atoms with Crippen molar-refractivity contribution in [3.8, 4) is 5.75 Å². The number of carbonyl (C=O) groups is 2. The normalized spacial score (nSPS) is 16.8. The number of benzene rings is 2. The van der Waals surface area contributed by atoms with Crippen LogP contribution in [0.15, 0.2) is 52.4 Å². The maximum absolute atomic E-state index is 12.8. The van der Waals surface area contributed by atoms with Crippen LogP contribution in [0.4, 0.5) is 5.69 Å². The highest BCUT2D eigenvalue weighted by Crippen LogP contribution is 2.36. The standard InChI is InChI=1S/C20H17ClN2O4S/c1-3-23-18(24)17(11-13-10-14(21)6-9-16(13)27-2)28-20(23)22-15-7-4-12(5-8-15)19(25)26/h4-11H,3H2,1-2H3,(H,25,26)/b17-11+,22-20?. The number of nitrogens with zero attached hydrogens (tertiary/aromatic N) is 2. The van der Waals surface area contributed by atoms with Crippen molar-refractivity contribution in [1.29, 1.82) is 0 Å². The van der Waals surface area contributed by atoms with Gasteiger partial charge in [-0.3, -0.25) is 9.69 Å². The third-order valence-corrected chi connectivity index (χ3v) is 5.26. The summed E-state index contributed by atoms with van der Waals surface area (Å²) in [4.78, 5) is 30.3. The summed E-state index contributed by atoms with van der Waals surface area (Å²) in [6.45, 7) is 2.33. The molecule has 6 nitrogen and oxygen atoms in total. The fourth-order valence-corrected chi connectivity index (χ4v) is 3.85. The molecular formula is C20H17ClN2O4S. The third-order valence-electron chi connectivity index (χ3n) is 4.02. The monoisotopic (exact) mass is 416 g/mol. The van der Waals surface area contributed by atoms with Gasteiger partial charge in [-0.15, -0.1) is 0 Å². The molecule has 1 N–H and O–H groups in total. The summed E-state index contributed by atoms with van der Waals surface area (Å²) in [6, 6.07) is 11.4. The van der Waals surface area contributed by atoms with Gasteiger partial charge in [0.2, 0.25) is 0 Å². The fourth-order valence-electron chi connectivity index (χ4n) is 2.62. The lowest BCUT2D eigenvalue weighted by molar-refractivity contribution is -0.122. The summed E-state index contributed by atoms with van der Waals surface area (Å²) in [7, 11) is 1.56. The van der Waals surface area contributed by atoms with Crippen LogP contribution in [0.3, 0.4) is 0 Å². The highest BCUT2D eigenvalue weighted by atomic mass is 35.5. The van der Waals surface area contributed by atoms with Crippen LogP contribution in [0.1, 0.15) is 22.8 Å². The number of carboxylic acids is 1. The predicted molar refractivity (Wildman–Crippen MR) is 111 cm³/mol. The van der Waals surface area contributed by atoms with Gasteiger partial charge in [0.05, 0.1) is 23.3 Å². The molecule has 0 atom stereocenters. The Morgan fingerprint density at radius 2 is 2.00 bits per heavy atom. The van der Waals surface area contributed by atoms with Crippen LogP contribution in [0, 0.1) is 0 Å². The van der Waals surface area contributed by atoms with Gasteiger partial charge in [0.15, 0.2) is 5.17 Å². The van der Waals surface area contributed by atoms with E-state index in [9.17, 15) is 9.59 Å². The van der Waals surface area contributed by atoms with Crippen LogP contribution >= 0.6 is 23.4 Å². The van der Waals surface area contributed by atoms with Gasteiger partial charge in [0, 0.05) is 17.1 Å². The highest BCUT2D eigenvalue weighted by Gasteiger charge is 2.32. The first-order valence-electron chi connectivity index (χ1n) is 8.40. The quantitative estimate of drug-likeness (QED) is 0.716. The summed E-state index contributed by atoms with van der Waals surface area (Å²) in [5.41, 5.74) is 1.45. The van der Waals surface area contributed by atoms with E-state index >= 15 is 0 Å². The van der Waals surface area contributed by atoms with E-state index < -0.39 is 5.97 Å². The molecule has 0 spiro atoms. The van der Waals surface area contributed by atoms with E-state index in [1.54, 1.807) is 48.4 Å². The number of methoxy groups -OCH3 is 1. The molecule has 1 aliphatic rings. The summed E-state index contributed by atoms with van der Waals surface area (Å²) in [5, 5.41) is 10.1. The lowest BCUT2D eigenvalue weighted by Gasteiger charge is -2.12. The van der Waals surface area contributed by atoms with Crippen LogP contribution in [-0.4, -0.2) is 40.7 Å². The number of aromatic carboxylic acids is 1. The van der Waals surface area contributed by atoms with Gasteiger partial charge < -0.3 is 9.84 Å². The maximum atomic E-state index is 12.8. The van der Waals surface area contributed by atoms with Gasteiger partial charge in [-0.05, 0) is 67.2 Å². The molecule has 3 rings (SSSR count). The van der Waals surface area contributed by atoms with Crippen LogP contribution in [0.25, 0.3) is 6.08 Å². The first-order chi connectivity index (χ1) is 13.4. The minimum absolute atomic E-state index is 0.157. The molecule has 1 fully saturated rings. The third kappa shape index (κ3) is 4.21. The Labute approximate surface area is 171 Å². The summed E-state index contributed by atoms with van der Waals surface area (Å²) >= 11 is 7.32. The molecule has 1 aliphatic heterocycles. The van der Waals surface area contributed by atoms with Crippen LogP contribution in [0.2, 0.25) is 5.02 Å². The number of carboxylic acid groups (broad SMARTS) is 1. The van der Waals surface area contributed by atoms with E-state index in [4.69, 9.17) is 21.4 Å². The van der Waals surface area contributed by atoms with Gasteiger partial charge in [-0.2, -0.15) is 0 Å². The van der Waals surface area contributed by atoms with Gasteiger partial charge in [-0.1, -0.05) is 11.6 Å². The minimum atomic E-state index is -1.000. The van der Waals surface area contributed by atoms with Gasteiger partial charge in [0.1, 0.15) is 5.75 Å². The molecule has 2 aromatic rings. The van der Waals surface area contributed by atoms with Crippen LogP contribution in [0.5, 0.6) is 5.75 Å². The van der Waals surface area contributed by atoms with Crippen molar-refractivity contribution in [2.45, 2.75) is 6.92 Å². The van der Waals surface area contributed by atoms with E-state index in [0.29, 0.717) is 38.6 Å². The Morgan fingerprint density at radius 3 is 2.61 bits per heavy atom. The van der Waals surface area contributed by atoms with E-state index in [-0.39, 0.29) is 11.5 Å². The van der Waals surface area contributed by atoms with Crippen molar-refractivity contribution in [2.75, 3.05) is 13.7 Å². The van der Waals surface area contributed by atoms with E-state index in [0.717, 1.165) is 0 Å². The number of hydrogen-bond acceptors (Lipinski definition) is 5. The lowest BCUT2D eigenvalue weighted by atomic mass is 10.2. The highest BCUT2D eigenvalue weighted by molar-refractivity contribution is 8.18. The maximum Gasteiger partial charge on any atom is 0.335 e. The van der Waals surface area contributed by atoms with E-state index in [1.165, 1.54) is 23.9 Å². The first-order valence-corrected chi connectivity index (χ1v) is 9.59. The number of thioether (sulfide) groups is 1. The number of carbonyl (C=O) groups excluding carboxylic acids is 1. The number of amides is 1. The number of hydrogen-bond donors (Lipinski definition) is 1. The van der Waals surface area contributed by atoms with Gasteiger partial charge >= 0.3 is 5.97 Å². The summed E-state index contributed by atoms with van der Waals surface area (Å²) < 4.78 is 5.34. The largest absolute Gasteiger partial charge is 0.496 e. The number of amidine groups is 1. The summed E-state index contributed by atoms with van der Waals surface area (Å²) in [6.07, 6.45) is 1.73. The van der Waals surface area contributed by atoms with Gasteiger partial charge in [-0.25, -0.2) is 9.79 Å². The topological polar surface area (TPSA) is 79.2 Å². The number of rotatable bonds is 5. The Morgan fingerprint density at radius 1 is 1.29 bits per heavy atom. The molecule has 144 valence electrons. The molecule has 1 amide bonds. The smallest absolute Gasteiger partial charge is 0.335 e. The number of halogens is 1. The number of likely N-dealkylation sites (N-methyl/N-ethyl adjacent to an activating group) is 1. The van der Waals surface area contributed by atoms with Gasteiger partial charge in [0.25, 0.3) is 5.91 Å². The molecule has 0 saturated carbocycles. The van der Waals surface area contributed by atoms with Crippen molar-refractivity contribution in [3.05, 3.63) is 63.5 Å². The molecular weight excluding hydrogens is 400 g/mol. The van der Waals surface area contributed by atoms with Crippen LogP contribution in [-0.2, 0) is 4.79 Å². The van der Waals surface area contributed by atoms with Crippen molar-refractivity contribution < 1.29 is 19.4 Å². The zero-order valence-corrected chi connectivity index (χ0v) is 16.8. The van der Waals surface area contributed by atoms with E-state index in [1.807, 2.05) is 6.92 Å². The lowest BCUT2D eigenvalue weighted by Crippen LogP contribution is -2.28. The van der Waals surface area contributed by atoms with Crippen molar-refractivity contribution in [2.24, 2.45) is 4.99 Å². The second-order valence-electron chi connectivity index (χ2n) is 5.79. The molecule has 0 aromatic heterocycles. The first kappa shape index (κ1) is 20.0. The molecule has 0 aliphatic carbocycles. The molecule has 0 bridgehead atoms. The second-order valence-corrected chi connectivity index (χ2v) is 7.24. The molecule has 0 unspecified atom stereocenters. The SMILES string of the molecule is CCN1C(=O)/C(=C\c2cc(Cl)ccc2OC)SC1=Nc1ccc(C(=O)O)cc1. The Balaban J connectivity index is 1.94. The minimum Gasteiger partial charge on any atom is -0.496 e. The number of aliphatic imine (C=N–C) groups is 1. The van der Waals surface area contributed by atoms with E-state index in [2.05, 4.69) is 4.99 Å². The Bertz CT molecular complexity index is 986. The molecule has 1 saturated heterocycles. The Kier molecular flexibility index (Phi) is 6.06. The predicted octanol–water partition coefficient (Wildman–Crippen LogP) is 4.67. The zero-order valence-electron chi connectivity index (χ0n) is 15.2. The van der Waals surface area contributed by atoms with Crippen molar-refractivity contribution in [1.82, 2.24) is 4.90 Å². The molecule has 0 radical (unpaired) electrons. The molecule has 28 heavy (non-hydrogen) atoms. The second kappa shape index (κ2) is 8.50. The van der Waals surface area contributed by atoms with Crippen molar-refractivity contribution in [3.63, 3.8) is 0 Å². The van der Waals surface area contributed by atoms with Crippen LogP contribution < -0.4 is 4.74 Å². The average molecular weight is 417 g/mol. The molecule has 2 aromatic carbocycles. The molecule has 8 heteroatoms.